The van der Waals surface area contributed by atoms with Crippen LogP contribution in [0.4, 0.5) is 0 Å². The molecular formula is C30H32O6. The van der Waals surface area contributed by atoms with E-state index in [4.69, 9.17) is 23.7 Å². The fraction of sp³-hybridized carbons (Fsp3) is 0.333. The number of hydrogen-bond acceptors (Lipinski definition) is 6. The summed E-state index contributed by atoms with van der Waals surface area (Å²) in [6.07, 6.45) is -0.254. The number of fused-ring (bicyclic) bond motifs is 2. The third-order valence-electron chi connectivity index (χ3n) is 5.64. The molecule has 0 aromatic heterocycles. The maximum Gasteiger partial charge on any atom is 0.126 e. The van der Waals surface area contributed by atoms with Gasteiger partial charge in [0.1, 0.15) is 11.9 Å². The molecule has 0 saturated heterocycles. The molecule has 1 aliphatic heterocycles. The van der Waals surface area contributed by atoms with Gasteiger partial charge in [0, 0.05) is 22.3 Å². The quantitative estimate of drug-likeness (QED) is 0.504. The number of benzene rings is 3. The van der Waals surface area contributed by atoms with Crippen molar-refractivity contribution >= 4 is 0 Å². The van der Waals surface area contributed by atoms with E-state index >= 15 is 0 Å². The molecule has 0 fully saturated rings. The average Bonchev–Trinajstić information content (AvgIpc) is 2.92. The zero-order valence-electron chi connectivity index (χ0n) is 20.4. The standard InChI is InChI=1S/C30H32O6/c31-30-27-19-25(12-11-24-7-3-1-4-8-24)20-28(30)22-35-23-29(26-9-5-2-6-10-26)36-18-17-33-14-13-32-15-16-34-21-27/h1-10,19-20,29,31H,13-18,21-23H2. The second kappa shape index (κ2) is 14.4. The van der Waals surface area contributed by atoms with Gasteiger partial charge in [-0.05, 0) is 29.8 Å². The molecule has 6 nitrogen and oxygen atoms in total. The van der Waals surface area contributed by atoms with E-state index in [1.54, 1.807) is 0 Å². The molecule has 1 heterocycles. The monoisotopic (exact) mass is 488 g/mol. The summed E-state index contributed by atoms with van der Waals surface area (Å²) in [4.78, 5) is 0. The zero-order valence-corrected chi connectivity index (χ0v) is 20.4. The van der Waals surface area contributed by atoms with Crippen LogP contribution in [0.1, 0.15) is 33.9 Å². The van der Waals surface area contributed by atoms with Crippen LogP contribution in [0.3, 0.4) is 0 Å². The van der Waals surface area contributed by atoms with Gasteiger partial charge >= 0.3 is 0 Å². The Morgan fingerprint density at radius 3 is 1.86 bits per heavy atom. The topological polar surface area (TPSA) is 66.4 Å². The van der Waals surface area contributed by atoms with E-state index < -0.39 is 0 Å². The van der Waals surface area contributed by atoms with Gasteiger partial charge in [-0.3, -0.25) is 0 Å². The summed E-state index contributed by atoms with van der Waals surface area (Å²) in [7, 11) is 0. The molecule has 0 aliphatic carbocycles. The molecule has 188 valence electrons. The van der Waals surface area contributed by atoms with Crippen LogP contribution >= 0.6 is 0 Å². The molecule has 1 aliphatic rings. The highest BCUT2D eigenvalue weighted by atomic mass is 16.6. The molecule has 3 aromatic carbocycles. The van der Waals surface area contributed by atoms with Gasteiger partial charge < -0.3 is 28.8 Å². The summed E-state index contributed by atoms with van der Waals surface area (Å²) >= 11 is 0. The van der Waals surface area contributed by atoms with Crippen LogP contribution in [0.25, 0.3) is 0 Å². The Labute approximate surface area is 212 Å². The number of ether oxygens (including phenoxy) is 5. The minimum atomic E-state index is -0.254. The highest BCUT2D eigenvalue weighted by molar-refractivity contribution is 5.50. The third kappa shape index (κ3) is 8.20. The first-order valence-electron chi connectivity index (χ1n) is 12.2. The van der Waals surface area contributed by atoms with Gasteiger partial charge in [-0.25, -0.2) is 0 Å². The number of hydrogen-bond donors (Lipinski definition) is 1. The molecule has 1 atom stereocenters. The first kappa shape index (κ1) is 25.9. The molecule has 1 unspecified atom stereocenters. The minimum Gasteiger partial charge on any atom is -0.507 e. The Morgan fingerprint density at radius 2 is 1.17 bits per heavy atom. The average molecular weight is 489 g/mol. The normalized spacial score (nSPS) is 18.3. The summed E-state index contributed by atoms with van der Waals surface area (Å²) in [6.45, 7) is 3.52. The van der Waals surface area contributed by atoms with E-state index in [0.29, 0.717) is 57.4 Å². The van der Waals surface area contributed by atoms with Crippen molar-refractivity contribution in [2.75, 3.05) is 46.2 Å². The van der Waals surface area contributed by atoms with Crippen LogP contribution in [-0.2, 0) is 36.9 Å². The molecule has 6 heteroatoms. The van der Waals surface area contributed by atoms with E-state index in [1.807, 2.05) is 72.8 Å². The number of phenols is 1. The largest absolute Gasteiger partial charge is 0.507 e. The van der Waals surface area contributed by atoms with Crippen LogP contribution in [0.2, 0.25) is 0 Å². The van der Waals surface area contributed by atoms with Crippen molar-refractivity contribution in [3.05, 3.63) is 101 Å². The Hall–Kier alpha value is -3.18. The van der Waals surface area contributed by atoms with Gasteiger partial charge in [0.25, 0.3) is 0 Å². The molecule has 0 saturated carbocycles. The van der Waals surface area contributed by atoms with E-state index in [0.717, 1.165) is 16.7 Å². The number of rotatable bonds is 1. The fourth-order valence-corrected chi connectivity index (χ4v) is 3.77. The van der Waals surface area contributed by atoms with Crippen molar-refractivity contribution in [2.45, 2.75) is 19.3 Å². The van der Waals surface area contributed by atoms with Gasteiger partial charge in [0.05, 0.1) is 59.5 Å². The maximum atomic E-state index is 10.9. The van der Waals surface area contributed by atoms with Crippen molar-refractivity contribution in [1.29, 1.82) is 0 Å². The SMILES string of the molecule is Oc1c2cc(C#Cc3ccccc3)cc1COCC(c1ccccc1)OCCOCCOCCOC2. The Kier molecular flexibility index (Phi) is 10.4. The van der Waals surface area contributed by atoms with Gasteiger partial charge in [0.2, 0.25) is 0 Å². The minimum absolute atomic E-state index is 0.160. The highest BCUT2D eigenvalue weighted by Gasteiger charge is 2.15. The Morgan fingerprint density at radius 1 is 0.611 bits per heavy atom. The summed E-state index contributed by atoms with van der Waals surface area (Å²) in [5.41, 5.74) is 4.05. The maximum absolute atomic E-state index is 10.9. The zero-order chi connectivity index (χ0) is 24.8. The first-order chi connectivity index (χ1) is 17.8. The van der Waals surface area contributed by atoms with Gasteiger partial charge in [-0.15, -0.1) is 0 Å². The summed E-state index contributed by atoms with van der Waals surface area (Å²) in [5.74, 6) is 6.54. The van der Waals surface area contributed by atoms with Crippen molar-refractivity contribution in [1.82, 2.24) is 0 Å². The van der Waals surface area contributed by atoms with Crippen molar-refractivity contribution < 1.29 is 28.8 Å². The Balaban J connectivity index is 1.54. The van der Waals surface area contributed by atoms with Crippen LogP contribution in [-0.4, -0.2) is 51.4 Å². The predicted molar refractivity (Wildman–Crippen MR) is 137 cm³/mol. The Bertz CT molecular complexity index is 1120. The molecule has 0 spiro atoms. The predicted octanol–water partition coefficient (Wildman–Crippen LogP) is 4.63. The lowest BCUT2D eigenvalue weighted by Crippen LogP contribution is -2.17. The molecule has 1 N–H and O–H groups in total. The van der Waals surface area contributed by atoms with Gasteiger partial charge in [-0.2, -0.15) is 0 Å². The lowest BCUT2D eigenvalue weighted by atomic mass is 10.0. The van der Waals surface area contributed by atoms with Crippen molar-refractivity contribution in [3.63, 3.8) is 0 Å². The van der Waals surface area contributed by atoms with E-state index in [1.165, 1.54) is 0 Å². The fourth-order valence-electron chi connectivity index (χ4n) is 3.77. The lowest BCUT2D eigenvalue weighted by Gasteiger charge is -2.19. The van der Waals surface area contributed by atoms with Gasteiger partial charge in [0.15, 0.2) is 0 Å². The van der Waals surface area contributed by atoms with E-state index in [9.17, 15) is 5.11 Å². The molecule has 0 radical (unpaired) electrons. The number of aromatic hydroxyl groups is 1. The number of phenolic OH excluding ortho intramolecular Hbond substituents is 1. The first-order valence-corrected chi connectivity index (χ1v) is 12.2. The second-order valence-electron chi connectivity index (χ2n) is 8.32. The summed E-state index contributed by atoms with van der Waals surface area (Å²) in [5, 5.41) is 10.9. The van der Waals surface area contributed by atoms with Crippen molar-refractivity contribution in [2.24, 2.45) is 0 Å². The molecule has 2 bridgehead atoms. The summed E-state index contributed by atoms with van der Waals surface area (Å²) < 4.78 is 29.1. The molecule has 3 aromatic rings. The van der Waals surface area contributed by atoms with Crippen LogP contribution in [0.5, 0.6) is 5.75 Å². The van der Waals surface area contributed by atoms with E-state index in [-0.39, 0.29) is 25.1 Å². The third-order valence-corrected chi connectivity index (χ3v) is 5.64. The highest BCUT2D eigenvalue weighted by Crippen LogP contribution is 2.27. The van der Waals surface area contributed by atoms with Crippen LogP contribution in [0.15, 0.2) is 72.8 Å². The smallest absolute Gasteiger partial charge is 0.126 e. The van der Waals surface area contributed by atoms with Gasteiger partial charge in [-0.1, -0.05) is 60.4 Å². The second-order valence-corrected chi connectivity index (χ2v) is 8.32. The van der Waals surface area contributed by atoms with Crippen LogP contribution < -0.4 is 0 Å². The molecular weight excluding hydrogens is 456 g/mol. The summed E-state index contributed by atoms with van der Waals surface area (Å²) in [6, 6.07) is 23.5. The molecule has 4 rings (SSSR count). The van der Waals surface area contributed by atoms with Crippen molar-refractivity contribution in [3.8, 4) is 17.6 Å². The molecule has 36 heavy (non-hydrogen) atoms. The molecule has 0 amide bonds. The van der Waals surface area contributed by atoms with Crippen LogP contribution in [0, 0.1) is 11.8 Å². The van der Waals surface area contributed by atoms with E-state index in [2.05, 4.69) is 11.8 Å². The lowest BCUT2D eigenvalue weighted by molar-refractivity contribution is -0.0511.